The van der Waals surface area contributed by atoms with Crippen molar-refractivity contribution in [3.05, 3.63) is 59.2 Å². The van der Waals surface area contributed by atoms with Gasteiger partial charge in [-0.05, 0) is 43.2 Å². The molecule has 0 fully saturated rings. The van der Waals surface area contributed by atoms with Crippen LogP contribution in [0.2, 0.25) is 0 Å². The van der Waals surface area contributed by atoms with Gasteiger partial charge in [-0.15, -0.1) is 0 Å². The molecule has 0 aliphatic heterocycles. The molecule has 0 saturated carbocycles. The number of phenolic OH excluding ortho intramolecular Hbond substituents is 1. The number of para-hydroxylation sites is 1. The van der Waals surface area contributed by atoms with Gasteiger partial charge >= 0.3 is 0 Å². The summed E-state index contributed by atoms with van der Waals surface area (Å²) in [7, 11) is 0. The Kier molecular flexibility index (Phi) is 4.05. The molecule has 20 heavy (non-hydrogen) atoms. The van der Waals surface area contributed by atoms with Gasteiger partial charge in [0.2, 0.25) is 0 Å². The number of amides is 1. The number of carbonyl (C=O) groups excluding carboxylic acids is 1. The molecule has 1 unspecified atom stereocenters. The van der Waals surface area contributed by atoms with Crippen LogP contribution in [0.4, 0.5) is 5.69 Å². The summed E-state index contributed by atoms with van der Waals surface area (Å²) in [5.74, 6) is -0.161. The molecule has 0 saturated heterocycles. The summed E-state index contributed by atoms with van der Waals surface area (Å²) in [6.07, 6.45) is 0. The highest BCUT2D eigenvalue weighted by atomic mass is 16.3. The van der Waals surface area contributed by atoms with E-state index in [1.54, 1.807) is 19.1 Å². The van der Waals surface area contributed by atoms with Crippen molar-refractivity contribution in [3.8, 4) is 5.75 Å². The number of anilines is 1. The minimum atomic E-state index is -0.270. The Morgan fingerprint density at radius 1 is 1.25 bits per heavy atom. The van der Waals surface area contributed by atoms with E-state index >= 15 is 0 Å². The molecule has 2 aromatic rings. The van der Waals surface area contributed by atoms with Crippen molar-refractivity contribution in [2.75, 3.05) is 5.32 Å². The van der Waals surface area contributed by atoms with Crippen molar-refractivity contribution in [1.82, 2.24) is 0 Å². The summed E-state index contributed by atoms with van der Waals surface area (Å²) in [5, 5.41) is 12.5. The largest absolute Gasteiger partial charge is 0.508 e. The number of benzene rings is 2. The van der Waals surface area contributed by atoms with E-state index in [9.17, 15) is 9.90 Å². The molecular weight excluding hydrogens is 252 g/mol. The van der Waals surface area contributed by atoms with Gasteiger partial charge in [0.05, 0.1) is 0 Å². The molecule has 0 heterocycles. The molecule has 0 radical (unpaired) electrons. The predicted octanol–water partition coefficient (Wildman–Crippen LogP) is 2.97. The first kappa shape index (κ1) is 14.1. The Hall–Kier alpha value is -2.33. The van der Waals surface area contributed by atoms with Crippen molar-refractivity contribution >= 4 is 11.6 Å². The molecule has 0 aliphatic rings. The number of nitrogens with one attached hydrogen (secondary N) is 1. The Morgan fingerprint density at radius 3 is 2.60 bits per heavy atom. The standard InChI is InChI=1S/C16H18N2O2/c1-10-7-8-12(9-15(10)19)16(20)18-14-6-4-3-5-13(14)11(2)17/h3-9,11,19H,17H2,1-2H3,(H,18,20). The lowest BCUT2D eigenvalue weighted by Crippen LogP contribution is -2.15. The first-order valence-electron chi connectivity index (χ1n) is 6.44. The minimum Gasteiger partial charge on any atom is -0.508 e. The van der Waals surface area contributed by atoms with Gasteiger partial charge < -0.3 is 16.2 Å². The van der Waals surface area contributed by atoms with E-state index in [1.165, 1.54) is 6.07 Å². The maximum atomic E-state index is 12.2. The van der Waals surface area contributed by atoms with Crippen LogP contribution in [0.1, 0.15) is 34.5 Å². The lowest BCUT2D eigenvalue weighted by molar-refractivity contribution is 0.102. The lowest BCUT2D eigenvalue weighted by Gasteiger charge is -2.13. The van der Waals surface area contributed by atoms with E-state index in [0.717, 1.165) is 11.1 Å². The molecule has 104 valence electrons. The minimum absolute atomic E-state index is 0.109. The first-order valence-corrected chi connectivity index (χ1v) is 6.44. The van der Waals surface area contributed by atoms with E-state index in [0.29, 0.717) is 11.3 Å². The number of hydrogen-bond donors (Lipinski definition) is 3. The molecule has 4 heteroatoms. The van der Waals surface area contributed by atoms with Crippen LogP contribution in [0.3, 0.4) is 0 Å². The van der Waals surface area contributed by atoms with Crippen molar-refractivity contribution in [1.29, 1.82) is 0 Å². The van der Waals surface area contributed by atoms with Crippen LogP contribution in [-0.2, 0) is 0 Å². The van der Waals surface area contributed by atoms with Crippen molar-refractivity contribution in [2.45, 2.75) is 19.9 Å². The zero-order chi connectivity index (χ0) is 14.7. The summed E-state index contributed by atoms with van der Waals surface area (Å²) in [6.45, 7) is 3.64. The molecule has 1 atom stereocenters. The van der Waals surface area contributed by atoms with E-state index in [4.69, 9.17) is 5.73 Å². The third kappa shape index (κ3) is 2.97. The lowest BCUT2D eigenvalue weighted by atomic mass is 10.1. The average Bonchev–Trinajstić information content (AvgIpc) is 2.42. The molecular formula is C16H18N2O2. The van der Waals surface area contributed by atoms with Crippen LogP contribution >= 0.6 is 0 Å². The van der Waals surface area contributed by atoms with Crippen LogP contribution in [-0.4, -0.2) is 11.0 Å². The van der Waals surface area contributed by atoms with Gasteiger partial charge in [0.15, 0.2) is 0 Å². The molecule has 0 bridgehead atoms. The summed E-state index contributed by atoms with van der Waals surface area (Å²) in [6, 6.07) is 12.1. The average molecular weight is 270 g/mol. The van der Waals surface area contributed by atoms with Crippen LogP contribution in [0, 0.1) is 6.92 Å². The van der Waals surface area contributed by atoms with Gasteiger partial charge in [-0.1, -0.05) is 24.3 Å². The number of aromatic hydroxyl groups is 1. The van der Waals surface area contributed by atoms with Gasteiger partial charge in [-0.2, -0.15) is 0 Å². The van der Waals surface area contributed by atoms with Crippen molar-refractivity contribution < 1.29 is 9.90 Å². The monoisotopic (exact) mass is 270 g/mol. The van der Waals surface area contributed by atoms with Gasteiger partial charge in [-0.25, -0.2) is 0 Å². The van der Waals surface area contributed by atoms with Crippen LogP contribution < -0.4 is 11.1 Å². The van der Waals surface area contributed by atoms with E-state index < -0.39 is 0 Å². The number of rotatable bonds is 3. The molecule has 1 amide bonds. The maximum absolute atomic E-state index is 12.2. The third-order valence-corrected chi connectivity index (χ3v) is 3.17. The van der Waals surface area contributed by atoms with Gasteiger partial charge in [0.1, 0.15) is 5.75 Å². The number of phenols is 1. The predicted molar refractivity (Wildman–Crippen MR) is 79.8 cm³/mol. The molecule has 0 spiro atoms. The SMILES string of the molecule is Cc1ccc(C(=O)Nc2ccccc2C(C)N)cc1O. The summed E-state index contributed by atoms with van der Waals surface area (Å²) < 4.78 is 0. The maximum Gasteiger partial charge on any atom is 0.255 e. The van der Waals surface area contributed by atoms with E-state index in [-0.39, 0.29) is 17.7 Å². The Bertz CT molecular complexity index is 636. The van der Waals surface area contributed by atoms with Crippen molar-refractivity contribution in [3.63, 3.8) is 0 Å². The van der Waals surface area contributed by atoms with Crippen LogP contribution in [0.15, 0.2) is 42.5 Å². The number of hydrogen-bond acceptors (Lipinski definition) is 3. The fourth-order valence-electron chi connectivity index (χ4n) is 1.95. The summed E-state index contributed by atoms with van der Waals surface area (Å²) in [5.41, 5.74) is 8.59. The fourth-order valence-corrected chi connectivity index (χ4v) is 1.95. The second-order valence-electron chi connectivity index (χ2n) is 4.83. The highest BCUT2D eigenvalue weighted by Crippen LogP contribution is 2.23. The van der Waals surface area contributed by atoms with Crippen molar-refractivity contribution in [2.24, 2.45) is 5.73 Å². The highest BCUT2D eigenvalue weighted by Gasteiger charge is 2.12. The molecule has 4 N–H and O–H groups in total. The topological polar surface area (TPSA) is 75.4 Å². The second-order valence-corrected chi connectivity index (χ2v) is 4.83. The van der Waals surface area contributed by atoms with Crippen LogP contribution in [0.25, 0.3) is 0 Å². The quantitative estimate of drug-likeness (QED) is 0.802. The zero-order valence-corrected chi connectivity index (χ0v) is 11.6. The third-order valence-electron chi connectivity index (χ3n) is 3.17. The smallest absolute Gasteiger partial charge is 0.255 e. The Morgan fingerprint density at radius 2 is 1.95 bits per heavy atom. The zero-order valence-electron chi connectivity index (χ0n) is 11.6. The molecule has 2 aromatic carbocycles. The van der Waals surface area contributed by atoms with Gasteiger partial charge in [-0.3, -0.25) is 4.79 Å². The van der Waals surface area contributed by atoms with E-state index in [2.05, 4.69) is 5.32 Å². The number of carbonyl (C=O) groups is 1. The molecule has 0 aromatic heterocycles. The Labute approximate surface area is 118 Å². The summed E-state index contributed by atoms with van der Waals surface area (Å²) >= 11 is 0. The number of aryl methyl sites for hydroxylation is 1. The van der Waals surface area contributed by atoms with Gasteiger partial charge in [0.25, 0.3) is 5.91 Å². The van der Waals surface area contributed by atoms with Crippen LogP contribution in [0.5, 0.6) is 5.75 Å². The molecule has 0 aliphatic carbocycles. The normalized spacial score (nSPS) is 11.9. The Balaban J connectivity index is 2.26. The molecule has 4 nitrogen and oxygen atoms in total. The molecule has 2 rings (SSSR count). The van der Waals surface area contributed by atoms with Gasteiger partial charge in [0, 0.05) is 17.3 Å². The first-order chi connectivity index (χ1) is 9.49. The fraction of sp³-hybridized carbons (Fsp3) is 0.188. The second kappa shape index (κ2) is 5.75. The van der Waals surface area contributed by atoms with E-state index in [1.807, 2.05) is 31.2 Å². The summed E-state index contributed by atoms with van der Waals surface area (Å²) in [4.78, 5) is 12.2. The number of nitrogens with two attached hydrogens (primary N) is 1. The highest BCUT2D eigenvalue weighted by molar-refractivity contribution is 6.05.